The normalized spacial score (nSPS) is 12.3. The monoisotopic (exact) mass is 325 g/mol. The van der Waals surface area contributed by atoms with Gasteiger partial charge in [0.15, 0.2) is 6.20 Å². The average molecular weight is 326 g/mol. The maximum Gasteiger partial charge on any atom is 0.251 e. The van der Waals surface area contributed by atoms with Crippen LogP contribution in [0.25, 0.3) is 0 Å². The third-order valence-electron chi connectivity index (χ3n) is 2.41. The minimum Gasteiger partial charge on any atom is -0.618 e. The number of rotatable bonds is 4. The molecule has 0 fully saturated rings. The summed E-state index contributed by atoms with van der Waals surface area (Å²) in [6, 6.07) is 12.8. The second kappa shape index (κ2) is 6.22. The molecule has 3 nitrogen and oxygen atoms in total. The lowest BCUT2D eigenvalue weighted by molar-refractivity contribution is -0.645. The summed E-state index contributed by atoms with van der Waals surface area (Å²) < 4.78 is 1.74. The smallest absolute Gasteiger partial charge is 0.251 e. The molecule has 18 heavy (non-hydrogen) atoms. The summed E-state index contributed by atoms with van der Waals surface area (Å²) in [6.45, 7) is 0. The second-order valence-electron chi connectivity index (χ2n) is 3.75. The number of halogens is 1. The third-order valence-corrected chi connectivity index (χ3v) is 4.00. The van der Waals surface area contributed by atoms with Crippen LogP contribution in [0.2, 0.25) is 0 Å². The van der Waals surface area contributed by atoms with Crippen molar-refractivity contribution in [2.24, 2.45) is 0 Å². The van der Waals surface area contributed by atoms with Gasteiger partial charge in [0.2, 0.25) is 0 Å². The molecule has 0 bridgehead atoms. The number of aliphatic hydroxyl groups excluding tert-OH is 1. The molecule has 0 saturated carbocycles. The summed E-state index contributed by atoms with van der Waals surface area (Å²) >= 11 is 4.71. The minimum absolute atomic E-state index is 0.447. The van der Waals surface area contributed by atoms with Crippen molar-refractivity contribution in [3.8, 4) is 0 Å². The van der Waals surface area contributed by atoms with Gasteiger partial charge in [-0.05, 0) is 23.8 Å². The van der Waals surface area contributed by atoms with Crippen molar-refractivity contribution < 1.29 is 9.84 Å². The molecule has 1 aromatic heterocycles. The first-order valence-corrected chi connectivity index (χ1v) is 7.19. The Hall–Kier alpha value is -1.04. The Morgan fingerprint density at radius 1 is 1.28 bits per heavy atom. The number of nitrogens with zero attached hydrogens (tertiary/aromatic N) is 1. The van der Waals surface area contributed by atoms with Crippen molar-refractivity contribution in [1.82, 2.24) is 0 Å². The Morgan fingerprint density at radius 3 is 2.83 bits per heavy atom. The van der Waals surface area contributed by atoms with Gasteiger partial charge in [0, 0.05) is 22.4 Å². The van der Waals surface area contributed by atoms with Gasteiger partial charge < -0.3 is 10.3 Å². The second-order valence-corrected chi connectivity index (χ2v) is 5.70. The Balaban J connectivity index is 2.00. The lowest BCUT2D eigenvalue weighted by Crippen LogP contribution is -2.28. The highest BCUT2D eigenvalue weighted by Crippen LogP contribution is 2.24. The van der Waals surface area contributed by atoms with Crippen LogP contribution in [-0.4, -0.2) is 10.9 Å². The van der Waals surface area contributed by atoms with Gasteiger partial charge in [-0.25, -0.2) is 0 Å². The molecule has 94 valence electrons. The van der Waals surface area contributed by atoms with Crippen LogP contribution in [-0.2, 0) is 0 Å². The van der Waals surface area contributed by atoms with Crippen LogP contribution >= 0.6 is 27.7 Å². The molecule has 0 unspecified atom stereocenters. The first-order chi connectivity index (χ1) is 8.66. The zero-order valence-electron chi connectivity index (χ0n) is 9.49. The van der Waals surface area contributed by atoms with Gasteiger partial charge >= 0.3 is 0 Å². The molecule has 0 aliphatic carbocycles. The maximum absolute atomic E-state index is 11.4. The fraction of sp³-hybridized carbons (Fsp3) is 0.154. The fourth-order valence-electron chi connectivity index (χ4n) is 1.50. The molecule has 1 N–H and O–H groups in total. The molecule has 0 radical (unpaired) electrons. The molecule has 0 aliphatic rings. The molecule has 1 heterocycles. The first-order valence-electron chi connectivity index (χ1n) is 5.41. The molecular formula is C13H12BrNO2S. The quantitative estimate of drug-likeness (QED) is 0.534. The number of pyridine rings is 1. The van der Waals surface area contributed by atoms with Crippen LogP contribution < -0.4 is 4.73 Å². The van der Waals surface area contributed by atoms with E-state index in [1.807, 2.05) is 30.3 Å². The summed E-state index contributed by atoms with van der Waals surface area (Å²) in [5.41, 5.74) is 0.838. The predicted molar refractivity (Wildman–Crippen MR) is 75.2 cm³/mol. The molecule has 2 rings (SSSR count). The Morgan fingerprint density at radius 2 is 2.11 bits per heavy atom. The van der Waals surface area contributed by atoms with E-state index < -0.39 is 6.10 Å². The summed E-state index contributed by atoms with van der Waals surface area (Å²) in [4.78, 5) is 0. The molecule has 0 aliphatic heterocycles. The highest BCUT2D eigenvalue weighted by Gasteiger charge is 2.12. The fourth-order valence-corrected chi connectivity index (χ4v) is 2.80. The van der Waals surface area contributed by atoms with E-state index in [1.54, 1.807) is 12.1 Å². The van der Waals surface area contributed by atoms with Crippen LogP contribution in [0, 0.1) is 5.21 Å². The Bertz CT molecular complexity index is 536. The highest BCUT2D eigenvalue weighted by molar-refractivity contribution is 9.10. The van der Waals surface area contributed by atoms with Crippen LogP contribution in [0.3, 0.4) is 0 Å². The summed E-state index contributed by atoms with van der Waals surface area (Å²) in [5, 5.41) is 22.1. The lowest BCUT2D eigenvalue weighted by atomic mass is 10.1. The standard InChI is InChI=1S/C13H12BrNO2S/c14-11-5-3-4-10(8-11)12(16)9-18-13-6-1-2-7-15(13)17/h1-8,12,16H,9H2/t12-/m0/s1. The van der Waals surface area contributed by atoms with Gasteiger partial charge in [-0.1, -0.05) is 39.8 Å². The number of hydrogen-bond donors (Lipinski definition) is 1. The van der Waals surface area contributed by atoms with E-state index in [-0.39, 0.29) is 0 Å². The van der Waals surface area contributed by atoms with E-state index in [9.17, 15) is 10.3 Å². The number of aliphatic hydroxyl groups is 1. The molecule has 0 spiro atoms. The Kier molecular flexibility index (Phi) is 4.63. The molecule has 1 atom stereocenters. The van der Waals surface area contributed by atoms with Crippen LogP contribution in [0.5, 0.6) is 0 Å². The number of hydrogen-bond acceptors (Lipinski definition) is 3. The zero-order chi connectivity index (χ0) is 13.0. The first kappa shape index (κ1) is 13.4. The van der Waals surface area contributed by atoms with Crippen molar-refractivity contribution >= 4 is 27.7 Å². The van der Waals surface area contributed by atoms with Gasteiger partial charge in [0.25, 0.3) is 5.03 Å². The van der Waals surface area contributed by atoms with Crippen molar-refractivity contribution in [2.75, 3.05) is 5.75 Å². The summed E-state index contributed by atoms with van der Waals surface area (Å²) in [7, 11) is 0. The topological polar surface area (TPSA) is 47.2 Å². The average Bonchev–Trinajstić information content (AvgIpc) is 2.37. The molecule has 0 saturated heterocycles. The van der Waals surface area contributed by atoms with E-state index >= 15 is 0 Å². The van der Waals surface area contributed by atoms with E-state index in [2.05, 4.69) is 15.9 Å². The third kappa shape index (κ3) is 3.48. The van der Waals surface area contributed by atoms with Gasteiger partial charge in [-0.3, -0.25) is 0 Å². The SMILES string of the molecule is [O-][n+]1ccccc1SC[C@H](O)c1cccc(Br)c1. The largest absolute Gasteiger partial charge is 0.618 e. The van der Waals surface area contributed by atoms with Crippen LogP contribution in [0.15, 0.2) is 58.2 Å². The Labute approximate surface area is 118 Å². The van der Waals surface area contributed by atoms with E-state index in [0.29, 0.717) is 10.8 Å². The van der Waals surface area contributed by atoms with Gasteiger partial charge in [-0.2, -0.15) is 4.73 Å². The molecular weight excluding hydrogens is 314 g/mol. The predicted octanol–water partition coefficient (Wildman–Crippen LogP) is 2.91. The minimum atomic E-state index is -0.590. The molecule has 1 aromatic carbocycles. The van der Waals surface area contributed by atoms with E-state index in [4.69, 9.17) is 0 Å². The van der Waals surface area contributed by atoms with Gasteiger partial charge in [0.05, 0.1) is 6.10 Å². The number of benzene rings is 1. The zero-order valence-corrected chi connectivity index (χ0v) is 11.9. The van der Waals surface area contributed by atoms with Crippen LogP contribution in [0.1, 0.15) is 11.7 Å². The summed E-state index contributed by atoms with van der Waals surface area (Å²) in [5.74, 6) is 0.447. The van der Waals surface area contributed by atoms with E-state index in [0.717, 1.165) is 14.8 Å². The van der Waals surface area contributed by atoms with Crippen LogP contribution in [0.4, 0.5) is 0 Å². The molecule has 2 aromatic rings. The van der Waals surface area contributed by atoms with Crippen molar-refractivity contribution in [1.29, 1.82) is 0 Å². The molecule has 5 heteroatoms. The lowest BCUT2D eigenvalue weighted by Gasteiger charge is -2.10. The summed E-state index contributed by atoms with van der Waals surface area (Å²) in [6.07, 6.45) is 0.862. The van der Waals surface area contributed by atoms with E-state index in [1.165, 1.54) is 18.0 Å². The van der Waals surface area contributed by atoms with Gasteiger partial charge in [-0.15, -0.1) is 0 Å². The van der Waals surface area contributed by atoms with Crippen molar-refractivity contribution in [2.45, 2.75) is 11.1 Å². The highest BCUT2D eigenvalue weighted by atomic mass is 79.9. The van der Waals surface area contributed by atoms with Crippen molar-refractivity contribution in [3.05, 3.63) is 63.9 Å². The maximum atomic E-state index is 11.4. The number of aromatic nitrogens is 1. The van der Waals surface area contributed by atoms with Crippen molar-refractivity contribution in [3.63, 3.8) is 0 Å². The number of thioether (sulfide) groups is 1. The van der Waals surface area contributed by atoms with Gasteiger partial charge in [0.1, 0.15) is 0 Å². The molecule has 0 amide bonds.